The quantitative estimate of drug-likeness (QED) is 0.294. The maximum Gasteiger partial charge on any atom is 0.410 e. The summed E-state index contributed by atoms with van der Waals surface area (Å²) in [5.74, 6) is -1.94. The molecular weight excluding hydrogens is 412 g/mol. The normalized spacial score (nSPS) is 14.5. The van der Waals surface area contributed by atoms with E-state index in [2.05, 4.69) is 0 Å². The number of hydrogen-bond acceptors (Lipinski definition) is 9. The van der Waals surface area contributed by atoms with Crippen LogP contribution in [0.4, 0.5) is 10.5 Å². The molecular formula is C20H26N2O9. The number of nitrogens with zero attached hydrogens (tertiary/aromatic N) is 2. The van der Waals surface area contributed by atoms with Crippen molar-refractivity contribution in [1.82, 2.24) is 4.90 Å². The van der Waals surface area contributed by atoms with Crippen molar-refractivity contribution in [3.63, 3.8) is 0 Å². The molecule has 1 heterocycles. The Morgan fingerprint density at radius 2 is 1.52 bits per heavy atom. The standard InChI is InChI=1S/C20H26N2O9/c1-20(2,3)31-19(25)21-8-6-13(7-9-21)30-16-14(17(23)28-4)10-12(22(26)27)11-15(16)18(24)29-5/h10-11,13H,6-9H2,1-5H3. The SMILES string of the molecule is COC(=O)c1cc([N+](=O)[O-])cc(C(=O)OC)c1OC1CCN(C(=O)OC(C)(C)C)CC1. The fraction of sp³-hybridized carbons (Fsp3) is 0.550. The number of rotatable bonds is 5. The maximum absolute atomic E-state index is 12.2. The molecule has 1 aliphatic heterocycles. The predicted octanol–water partition coefficient (Wildman–Crippen LogP) is 2.95. The molecule has 0 radical (unpaired) electrons. The number of nitro groups is 1. The number of hydrogen-bond donors (Lipinski definition) is 0. The molecule has 0 aliphatic carbocycles. The molecule has 0 N–H and O–H groups in total. The predicted molar refractivity (Wildman–Crippen MR) is 107 cm³/mol. The molecule has 1 fully saturated rings. The third-order valence-electron chi connectivity index (χ3n) is 4.47. The zero-order valence-electron chi connectivity index (χ0n) is 18.1. The molecule has 1 aliphatic rings. The summed E-state index contributed by atoms with van der Waals surface area (Å²) in [5, 5.41) is 11.2. The van der Waals surface area contributed by atoms with Gasteiger partial charge in [0.15, 0.2) is 0 Å². The number of esters is 2. The van der Waals surface area contributed by atoms with Gasteiger partial charge in [-0.3, -0.25) is 10.1 Å². The number of carbonyl (C=O) groups is 3. The summed E-state index contributed by atoms with van der Waals surface area (Å²) in [5.41, 5.74) is -1.61. The summed E-state index contributed by atoms with van der Waals surface area (Å²) in [6.45, 7) is 6.01. The Bertz CT molecular complexity index is 831. The monoisotopic (exact) mass is 438 g/mol. The van der Waals surface area contributed by atoms with Gasteiger partial charge in [0, 0.05) is 38.1 Å². The van der Waals surface area contributed by atoms with Crippen LogP contribution in [0.1, 0.15) is 54.3 Å². The van der Waals surface area contributed by atoms with Gasteiger partial charge < -0.3 is 23.8 Å². The second-order valence-electron chi connectivity index (χ2n) is 7.89. The van der Waals surface area contributed by atoms with Gasteiger partial charge in [-0.2, -0.15) is 0 Å². The number of piperidine rings is 1. The highest BCUT2D eigenvalue weighted by Gasteiger charge is 2.32. The minimum absolute atomic E-state index is 0.153. The van der Waals surface area contributed by atoms with Gasteiger partial charge in [-0.1, -0.05) is 0 Å². The Kier molecular flexibility index (Phi) is 7.42. The van der Waals surface area contributed by atoms with Crippen molar-refractivity contribution in [3.05, 3.63) is 33.4 Å². The summed E-state index contributed by atoms with van der Waals surface area (Å²) in [7, 11) is 2.23. The summed E-state index contributed by atoms with van der Waals surface area (Å²) in [6.07, 6.45) is -0.0895. The van der Waals surface area contributed by atoms with Crippen LogP contribution >= 0.6 is 0 Å². The van der Waals surface area contributed by atoms with Gasteiger partial charge >= 0.3 is 18.0 Å². The third kappa shape index (κ3) is 6.06. The Balaban J connectivity index is 2.28. The van der Waals surface area contributed by atoms with Gasteiger partial charge in [-0.05, 0) is 20.8 Å². The maximum atomic E-state index is 12.2. The number of methoxy groups -OCH3 is 2. The molecule has 1 saturated heterocycles. The summed E-state index contributed by atoms with van der Waals surface area (Å²) in [4.78, 5) is 48.8. The number of non-ortho nitro benzene ring substituents is 1. The zero-order chi connectivity index (χ0) is 23.3. The molecule has 31 heavy (non-hydrogen) atoms. The topological polar surface area (TPSA) is 135 Å². The van der Waals surface area contributed by atoms with Crippen molar-refractivity contribution in [2.45, 2.75) is 45.3 Å². The lowest BCUT2D eigenvalue weighted by molar-refractivity contribution is -0.384. The minimum atomic E-state index is -0.893. The van der Waals surface area contributed by atoms with Gasteiger partial charge in [-0.25, -0.2) is 14.4 Å². The molecule has 0 unspecified atom stereocenters. The second kappa shape index (κ2) is 9.63. The molecule has 0 spiro atoms. The summed E-state index contributed by atoms with van der Waals surface area (Å²) >= 11 is 0. The average molecular weight is 438 g/mol. The van der Waals surface area contributed by atoms with Crippen LogP contribution in [0.15, 0.2) is 12.1 Å². The number of nitro benzene ring substituents is 1. The van der Waals surface area contributed by atoms with Crippen molar-refractivity contribution in [3.8, 4) is 5.75 Å². The van der Waals surface area contributed by atoms with Gasteiger partial charge in [-0.15, -0.1) is 0 Å². The molecule has 0 bridgehead atoms. The van der Waals surface area contributed by atoms with Crippen molar-refractivity contribution in [2.24, 2.45) is 0 Å². The zero-order valence-corrected chi connectivity index (χ0v) is 18.1. The van der Waals surface area contributed by atoms with Crippen LogP contribution in [0.2, 0.25) is 0 Å². The molecule has 11 heteroatoms. The summed E-state index contributed by atoms with van der Waals surface area (Å²) < 4.78 is 20.7. The lowest BCUT2D eigenvalue weighted by Crippen LogP contribution is -2.44. The lowest BCUT2D eigenvalue weighted by atomic mass is 10.0. The third-order valence-corrected chi connectivity index (χ3v) is 4.47. The number of ether oxygens (including phenoxy) is 4. The number of benzene rings is 1. The summed E-state index contributed by atoms with van der Waals surface area (Å²) in [6, 6.07) is 1.98. The van der Waals surface area contributed by atoms with Crippen LogP contribution in [0.5, 0.6) is 5.75 Å². The van der Waals surface area contributed by atoms with Crippen molar-refractivity contribution in [1.29, 1.82) is 0 Å². The highest BCUT2D eigenvalue weighted by molar-refractivity contribution is 6.01. The van der Waals surface area contributed by atoms with Crippen LogP contribution in [0.3, 0.4) is 0 Å². The number of carbonyl (C=O) groups excluding carboxylic acids is 3. The number of amides is 1. The van der Waals surface area contributed by atoms with E-state index in [0.717, 1.165) is 26.4 Å². The van der Waals surface area contributed by atoms with E-state index in [1.807, 2.05) is 0 Å². The van der Waals surface area contributed by atoms with E-state index in [4.69, 9.17) is 18.9 Å². The van der Waals surface area contributed by atoms with Crippen LogP contribution in [-0.2, 0) is 14.2 Å². The van der Waals surface area contributed by atoms with E-state index >= 15 is 0 Å². The first-order valence-corrected chi connectivity index (χ1v) is 9.60. The smallest absolute Gasteiger partial charge is 0.410 e. The van der Waals surface area contributed by atoms with Crippen LogP contribution < -0.4 is 4.74 Å². The van der Waals surface area contributed by atoms with E-state index < -0.39 is 40.3 Å². The van der Waals surface area contributed by atoms with Crippen LogP contribution in [-0.4, -0.2) is 66.9 Å². The molecule has 1 amide bonds. The molecule has 170 valence electrons. The minimum Gasteiger partial charge on any atom is -0.488 e. The molecule has 0 saturated carbocycles. The van der Waals surface area contributed by atoms with Gasteiger partial charge in [0.25, 0.3) is 5.69 Å². The lowest BCUT2D eigenvalue weighted by Gasteiger charge is -2.33. The molecule has 1 aromatic carbocycles. The Labute approximate surface area is 179 Å². The first kappa shape index (κ1) is 23.9. The number of likely N-dealkylation sites (tertiary alicyclic amines) is 1. The van der Waals surface area contributed by atoms with Gasteiger partial charge in [0.05, 0.1) is 19.1 Å². The van der Waals surface area contributed by atoms with Crippen molar-refractivity contribution >= 4 is 23.7 Å². The Hall–Kier alpha value is -3.37. The van der Waals surface area contributed by atoms with E-state index in [9.17, 15) is 24.5 Å². The molecule has 1 aromatic rings. The first-order chi connectivity index (χ1) is 14.5. The molecule has 0 atom stereocenters. The van der Waals surface area contributed by atoms with E-state index in [-0.39, 0.29) is 16.9 Å². The molecule has 2 rings (SSSR count). The second-order valence-corrected chi connectivity index (χ2v) is 7.89. The van der Waals surface area contributed by atoms with E-state index in [1.165, 1.54) is 0 Å². The first-order valence-electron chi connectivity index (χ1n) is 9.60. The highest BCUT2D eigenvalue weighted by Crippen LogP contribution is 2.33. The molecule has 0 aromatic heterocycles. The van der Waals surface area contributed by atoms with Crippen molar-refractivity contribution in [2.75, 3.05) is 27.3 Å². The fourth-order valence-corrected chi connectivity index (χ4v) is 3.02. The fourth-order valence-electron chi connectivity index (χ4n) is 3.02. The van der Waals surface area contributed by atoms with Crippen LogP contribution in [0.25, 0.3) is 0 Å². The van der Waals surface area contributed by atoms with Gasteiger partial charge in [0.1, 0.15) is 28.6 Å². The molecule has 11 nitrogen and oxygen atoms in total. The average Bonchev–Trinajstić information content (AvgIpc) is 2.71. The van der Waals surface area contributed by atoms with E-state index in [0.29, 0.717) is 25.9 Å². The van der Waals surface area contributed by atoms with E-state index in [1.54, 1.807) is 25.7 Å². The Morgan fingerprint density at radius 3 is 1.90 bits per heavy atom. The van der Waals surface area contributed by atoms with Crippen molar-refractivity contribution < 1.29 is 38.3 Å². The highest BCUT2D eigenvalue weighted by atomic mass is 16.6. The van der Waals surface area contributed by atoms with Crippen LogP contribution in [0, 0.1) is 10.1 Å². The van der Waals surface area contributed by atoms with Gasteiger partial charge in [0.2, 0.25) is 0 Å². The largest absolute Gasteiger partial charge is 0.488 e. The Morgan fingerprint density at radius 1 is 1.03 bits per heavy atom.